The number of nitrogens with one attached hydrogen (secondary N) is 10. The number of benzene rings is 3. The maximum Gasteiger partial charge on any atom is 0.243 e. The van der Waals surface area contributed by atoms with Crippen molar-refractivity contribution < 1.29 is 43.2 Å². The topological polar surface area (TPSA) is 385 Å². The van der Waals surface area contributed by atoms with E-state index in [0.717, 1.165) is 21.7 Å². The van der Waals surface area contributed by atoms with Gasteiger partial charge in [0.1, 0.15) is 42.3 Å². The molecule has 2 aromatic heterocycles. The number of aromatic nitrogens is 3. The van der Waals surface area contributed by atoms with Gasteiger partial charge in [0.2, 0.25) is 53.2 Å². The van der Waals surface area contributed by atoms with Gasteiger partial charge in [-0.1, -0.05) is 80.4 Å². The summed E-state index contributed by atoms with van der Waals surface area (Å²) < 4.78 is 0. The summed E-state index contributed by atoms with van der Waals surface area (Å²) in [5.74, 6) is -7.13. The summed E-state index contributed by atoms with van der Waals surface area (Å²) in [5, 5.41) is 24.3. The fraction of sp³-hybridized carbons (Fsp3) is 0.426. The van der Waals surface area contributed by atoms with Crippen LogP contribution in [0.5, 0.6) is 0 Å². The van der Waals surface area contributed by atoms with Gasteiger partial charge in [0.25, 0.3) is 0 Å². The van der Waals surface area contributed by atoms with Crippen LogP contribution < -0.4 is 59.7 Å². The van der Waals surface area contributed by atoms with Crippen LogP contribution in [0.2, 0.25) is 0 Å². The Bertz CT molecular complexity index is 2940. The zero-order valence-corrected chi connectivity index (χ0v) is 43.8. The van der Waals surface area contributed by atoms with Gasteiger partial charge in [0.05, 0.1) is 12.7 Å². The Morgan fingerprint density at radius 2 is 1.41 bits per heavy atom. The van der Waals surface area contributed by atoms with Crippen LogP contribution in [0.1, 0.15) is 88.5 Å². The van der Waals surface area contributed by atoms with E-state index in [1.165, 1.54) is 19.4 Å². The maximum atomic E-state index is 15.0. The predicted octanol–water partition coefficient (Wildman–Crippen LogP) is -0.0951. The fourth-order valence-electron chi connectivity index (χ4n) is 9.15. The minimum atomic E-state index is -1.59. The highest BCUT2D eigenvalue weighted by Crippen LogP contribution is 2.21. The first kappa shape index (κ1) is 58.4. The first-order valence-corrected chi connectivity index (χ1v) is 26.2. The van der Waals surface area contributed by atoms with Crippen molar-refractivity contribution in [2.75, 3.05) is 13.1 Å². The second-order valence-electron chi connectivity index (χ2n) is 19.4. The fourth-order valence-corrected chi connectivity index (χ4v) is 9.15. The van der Waals surface area contributed by atoms with E-state index in [0.29, 0.717) is 29.7 Å². The van der Waals surface area contributed by atoms with E-state index in [-0.39, 0.29) is 76.8 Å². The van der Waals surface area contributed by atoms with Gasteiger partial charge in [-0.2, -0.15) is 0 Å². The minimum absolute atomic E-state index is 0.0366. The summed E-state index contributed by atoms with van der Waals surface area (Å²) in [6, 6.07) is 10.9. The number of fused-ring (bicyclic) bond motifs is 2. The lowest BCUT2D eigenvalue weighted by molar-refractivity contribution is -0.136. The molecule has 3 aromatic carbocycles. The zero-order valence-electron chi connectivity index (χ0n) is 43.8. The lowest BCUT2D eigenvalue weighted by atomic mass is 9.99. The molecule has 0 unspecified atom stereocenters. The van der Waals surface area contributed by atoms with Crippen molar-refractivity contribution >= 4 is 80.8 Å². The molecule has 1 saturated heterocycles. The van der Waals surface area contributed by atoms with Gasteiger partial charge in [-0.3, -0.25) is 48.1 Å². The first-order chi connectivity index (χ1) is 37.5. The van der Waals surface area contributed by atoms with Crippen molar-refractivity contribution in [1.82, 2.24) is 57.5 Å². The van der Waals surface area contributed by atoms with Crippen molar-refractivity contribution in [2.24, 2.45) is 22.2 Å². The van der Waals surface area contributed by atoms with E-state index in [2.05, 4.69) is 62.5 Å². The number of aromatic amines is 2. The molecule has 1 aliphatic heterocycles. The average Bonchev–Trinajstić information content (AvgIpc) is 4.10. The molecule has 1 fully saturated rings. The smallest absolute Gasteiger partial charge is 0.243 e. The van der Waals surface area contributed by atoms with Gasteiger partial charge in [0.15, 0.2) is 5.96 Å². The van der Waals surface area contributed by atoms with Gasteiger partial charge in [-0.25, -0.2) is 4.98 Å². The number of guanidine groups is 1. The minimum Gasteiger partial charge on any atom is -0.370 e. The molecular weight excluding hydrogens is 1000 g/mol. The Morgan fingerprint density at radius 1 is 0.744 bits per heavy atom. The van der Waals surface area contributed by atoms with Crippen LogP contribution in [0.3, 0.4) is 0 Å². The van der Waals surface area contributed by atoms with E-state index >= 15 is 0 Å². The molecule has 416 valence electrons. The number of aliphatic imine (C=N–C) groups is 1. The quantitative estimate of drug-likeness (QED) is 0.0330. The number of carbonyl (C=O) groups is 9. The third-order valence-electron chi connectivity index (χ3n) is 13.3. The van der Waals surface area contributed by atoms with Crippen molar-refractivity contribution in [3.8, 4) is 0 Å². The number of imidazole rings is 1. The summed E-state index contributed by atoms with van der Waals surface area (Å²) in [7, 11) is 0. The number of nitrogens with two attached hydrogens (primary N) is 3. The molecule has 7 atom stereocenters. The second kappa shape index (κ2) is 28.9. The molecule has 0 aliphatic carbocycles. The lowest BCUT2D eigenvalue weighted by Gasteiger charge is -2.28. The summed E-state index contributed by atoms with van der Waals surface area (Å²) >= 11 is 0. The summed E-state index contributed by atoms with van der Waals surface area (Å²) in [6.45, 7) is 3.25. The van der Waals surface area contributed by atoms with Crippen LogP contribution in [-0.2, 0) is 62.4 Å². The van der Waals surface area contributed by atoms with Crippen molar-refractivity contribution in [2.45, 2.75) is 133 Å². The van der Waals surface area contributed by atoms with Crippen molar-refractivity contribution in [1.29, 1.82) is 0 Å². The maximum absolute atomic E-state index is 15.0. The van der Waals surface area contributed by atoms with Gasteiger partial charge in [0, 0.05) is 68.3 Å². The van der Waals surface area contributed by atoms with Crippen LogP contribution in [0, 0.1) is 0 Å². The highest BCUT2D eigenvalue weighted by Gasteiger charge is 2.35. The van der Waals surface area contributed by atoms with E-state index in [1.54, 1.807) is 12.3 Å². The molecule has 24 heteroatoms. The van der Waals surface area contributed by atoms with Gasteiger partial charge in [-0.15, -0.1) is 0 Å². The number of hydrogen-bond acceptors (Lipinski definition) is 11. The number of rotatable bonds is 17. The molecule has 24 nitrogen and oxygen atoms in total. The molecule has 1 aliphatic rings. The van der Waals surface area contributed by atoms with E-state index in [1.807, 2.05) is 67.6 Å². The Morgan fingerprint density at radius 3 is 2.12 bits per heavy atom. The average molecular weight is 1070 g/mol. The number of amides is 9. The predicted molar refractivity (Wildman–Crippen MR) is 291 cm³/mol. The van der Waals surface area contributed by atoms with Gasteiger partial charge in [-0.05, 0) is 66.5 Å². The number of para-hydroxylation sites is 1. The molecule has 3 heterocycles. The SMILES string of the molecule is CCCC[C@@H](NC(C)=O)C(=O)N[C@@H]1CC(=O)NCCCC[C@@H](C(N)=O)NC(=O)[C@H](Cc2c[nH]c3ccccc23)NC(=O)[C@H](CCCN=C(N)N)NC(=O)[C@@H](Cc2ccc3ccccc3c2)NC(=O)[C@H](Cc2cnc[nH]2)NC1=O. The van der Waals surface area contributed by atoms with Crippen molar-refractivity contribution in [3.05, 3.63) is 102 Å². The Kier molecular flexibility index (Phi) is 21.6. The van der Waals surface area contributed by atoms with Crippen LogP contribution in [0.25, 0.3) is 21.7 Å². The Balaban J connectivity index is 1.41. The molecule has 0 bridgehead atoms. The summed E-state index contributed by atoms with van der Waals surface area (Å²) in [6.07, 6.45) is 5.65. The highest BCUT2D eigenvalue weighted by atomic mass is 16.2. The molecule has 6 rings (SSSR count). The molecule has 0 saturated carbocycles. The van der Waals surface area contributed by atoms with Crippen LogP contribution in [0.4, 0.5) is 0 Å². The number of H-pyrrole nitrogens is 2. The molecule has 9 amide bonds. The molecular formula is C54H71N15O9. The lowest BCUT2D eigenvalue weighted by Crippen LogP contribution is -2.61. The van der Waals surface area contributed by atoms with E-state index in [4.69, 9.17) is 17.2 Å². The number of hydrogen-bond donors (Lipinski definition) is 13. The summed E-state index contributed by atoms with van der Waals surface area (Å²) in [5.41, 5.74) is 19.5. The third-order valence-corrected chi connectivity index (χ3v) is 13.3. The number of unbranched alkanes of at least 4 members (excludes halogenated alkanes) is 1. The monoisotopic (exact) mass is 1070 g/mol. The van der Waals surface area contributed by atoms with Crippen molar-refractivity contribution in [3.63, 3.8) is 0 Å². The molecule has 5 aromatic rings. The van der Waals surface area contributed by atoms with E-state index < -0.39 is 102 Å². The molecule has 78 heavy (non-hydrogen) atoms. The third kappa shape index (κ3) is 17.6. The van der Waals surface area contributed by atoms with Gasteiger partial charge < -0.3 is 69.7 Å². The number of nitrogens with zero attached hydrogens (tertiary/aromatic N) is 2. The van der Waals surface area contributed by atoms with Crippen LogP contribution in [-0.4, -0.2) is 129 Å². The number of primary amides is 1. The number of carbonyl (C=O) groups excluding carboxylic acids is 9. The second-order valence-corrected chi connectivity index (χ2v) is 19.4. The van der Waals surface area contributed by atoms with E-state index in [9.17, 15) is 43.2 Å². The zero-order chi connectivity index (χ0) is 56.1. The molecule has 16 N–H and O–H groups in total. The standard InChI is InChI=1S/C54H71N15O9/c1-3-4-15-40(63-31(2)70)48(73)69-45-27-46(71)59-21-10-9-17-39(47(55)72)64-51(76)43(25-35-28-61-38-16-8-7-14-37(35)38)67-49(74)41(18-11-22-60-54(56)57)65-50(75)42(24-32-19-20-33-12-5-6-13-34(33)23-32)66-52(77)44(68-53(45)78)26-36-29-58-30-62-36/h5-8,12-14,16,19-20,23,28-30,39-45,61H,3-4,9-11,15,17-18,21-22,24-27H2,1-2H3,(H2,55,72)(H,58,62)(H,59,71)(H,63,70)(H,64,76)(H,65,75)(H,66,77)(H,67,74)(H,68,78)(H,69,73)(H4,56,57,60)/t39-,40+,41-,42+,43-,44-,45+/m0/s1. The Labute approximate surface area is 450 Å². The highest BCUT2D eigenvalue weighted by molar-refractivity contribution is 5.99. The van der Waals surface area contributed by atoms with Crippen LogP contribution >= 0.6 is 0 Å². The van der Waals surface area contributed by atoms with Crippen LogP contribution in [0.15, 0.2) is 90.4 Å². The largest absolute Gasteiger partial charge is 0.370 e. The summed E-state index contributed by atoms with van der Waals surface area (Å²) in [4.78, 5) is 140. The Hall–Kier alpha value is -8.83. The normalized spacial score (nSPS) is 20.9. The molecule has 0 spiro atoms. The first-order valence-electron chi connectivity index (χ1n) is 26.2. The van der Waals surface area contributed by atoms with Gasteiger partial charge >= 0.3 is 0 Å². The molecule has 0 radical (unpaired) electrons.